The van der Waals surface area contributed by atoms with Crippen LogP contribution in [0.5, 0.6) is 0 Å². The van der Waals surface area contributed by atoms with Crippen LogP contribution in [0.3, 0.4) is 0 Å². The topological polar surface area (TPSA) is 95.1 Å². The molecule has 0 bridgehead atoms. The molecule has 0 amide bonds. The van der Waals surface area contributed by atoms with Gasteiger partial charge in [0.2, 0.25) is 0 Å². The second-order valence-electron chi connectivity index (χ2n) is 4.22. The van der Waals surface area contributed by atoms with E-state index < -0.39 is 4.92 Å². The number of benzene rings is 1. The van der Waals surface area contributed by atoms with E-state index in [0.717, 1.165) is 5.69 Å². The first-order valence-electron chi connectivity index (χ1n) is 6.17. The number of methoxy groups -OCH3 is 1. The molecule has 0 spiro atoms. The first-order chi connectivity index (χ1) is 10.1. The predicted molar refractivity (Wildman–Crippen MR) is 76.6 cm³/mol. The Hall–Kier alpha value is -2.03. The average molecular weight is 312 g/mol. The van der Waals surface area contributed by atoms with E-state index in [1.807, 2.05) is 0 Å². The standard InChI is InChI=1S/C12H14ClN5O3/c1-21-5-4-14-7-9-8-17(16-15-9)12-3-2-10(18(19)20)6-11(12)13/h2-3,6,8,14H,4-5,7H2,1H3. The molecule has 0 fully saturated rings. The van der Waals surface area contributed by atoms with Crippen LogP contribution in [0.1, 0.15) is 5.69 Å². The normalized spacial score (nSPS) is 10.8. The van der Waals surface area contributed by atoms with Crippen LogP contribution in [-0.2, 0) is 11.3 Å². The van der Waals surface area contributed by atoms with Crippen molar-refractivity contribution in [1.29, 1.82) is 0 Å². The number of non-ortho nitro benzene ring substituents is 1. The van der Waals surface area contributed by atoms with Crippen LogP contribution in [0.2, 0.25) is 5.02 Å². The van der Waals surface area contributed by atoms with Gasteiger partial charge in [0.05, 0.1) is 34.1 Å². The second-order valence-corrected chi connectivity index (χ2v) is 4.62. The number of hydrogen-bond donors (Lipinski definition) is 1. The van der Waals surface area contributed by atoms with Gasteiger partial charge in [0.15, 0.2) is 0 Å². The van der Waals surface area contributed by atoms with Crippen molar-refractivity contribution in [2.75, 3.05) is 20.3 Å². The quantitative estimate of drug-likeness (QED) is 0.474. The van der Waals surface area contributed by atoms with E-state index in [9.17, 15) is 10.1 Å². The maximum absolute atomic E-state index is 10.7. The molecule has 9 heteroatoms. The molecule has 2 rings (SSSR count). The van der Waals surface area contributed by atoms with Crippen LogP contribution in [-0.4, -0.2) is 40.2 Å². The van der Waals surface area contributed by atoms with Gasteiger partial charge in [-0.2, -0.15) is 0 Å². The number of nitrogens with one attached hydrogen (secondary N) is 1. The number of nitrogens with zero attached hydrogens (tertiary/aromatic N) is 4. The molecule has 1 heterocycles. The molecule has 8 nitrogen and oxygen atoms in total. The molecular formula is C12H14ClN5O3. The first kappa shape index (κ1) is 15.4. The zero-order valence-corrected chi connectivity index (χ0v) is 12.1. The smallest absolute Gasteiger partial charge is 0.271 e. The largest absolute Gasteiger partial charge is 0.383 e. The van der Waals surface area contributed by atoms with Crippen molar-refractivity contribution < 1.29 is 9.66 Å². The van der Waals surface area contributed by atoms with Crippen molar-refractivity contribution in [3.63, 3.8) is 0 Å². The summed E-state index contributed by atoms with van der Waals surface area (Å²) in [6.45, 7) is 1.87. The third-order valence-corrected chi connectivity index (χ3v) is 3.02. The van der Waals surface area contributed by atoms with Gasteiger partial charge >= 0.3 is 0 Å². The Bertz CT molecular complexity index is 631. The number of ether oxygens (including phenoxy) is 1. The third-order valence-electron chi connectivity index (χ3n) is 2.72. The second kappa shape index (κ2) is 7.11. The molecule has 0 saturated carbocycles. The first-order valence-corrected chi connectivity index (χ1v) is 6.55. The van der Waals surface area contributed by atoms with Crippen LogP contribution in [0, 0.1) is 10.1 Å². The van der Waals surface area contributed by atoms with Gasteiger partial charge in [0.25, 0.3) is 5.69 Å². The van der Waals surface area contributed by atoms with E-state index in [2.05, 4.69) is 15.6 Å². The SMILES string of the molecule is COCCNCc1cn(-c2ccc([N+](=O)[O-])cc2Cl)nn1. The molecule has 0 radical (unpaired) electrons. The Kier molecular flexibility index (Phi) is 5.20. The summed E-state index contributed by atoms with van der Waals surface area (Å²) in [6.07, 6.45) is 1.72. The summed E-state index contributed by atoms with van der Waals surface area (Å²) in [6, 6.07) is 4.20. The van der Waals surface area contributed by atoms with Crippen molar-refractivity contribution in [2.24, 2.45) is 0 Å². The summed E-state index contributed by atoms with van der Waals surface area (Å²) in [4.78, 5) is 10.2. The lowest BCUT2D eigenvalue weighted by atomic mass is 10.3. The van der Waals surface area contributed by atoms with Gasteiger partial charge in [-0.3, -0.25) is 10.1 Å². The van der Waals surface area contributed by atoms with Gasteiger partial charge in [-0.05, 0) is 6.07 Å². The molecule has 21 heavy (non-hydrogen) atoms. The molecule has 1 aromatic heterocycles. The number of hydrogen-bond acceptors (Lipinski definition) is 6. The van der Waals surface area contributed by atoms with E-state index in [4.69, 9.17) is 16.3 Å². The number of nitro benzene ring substituents is 1. The van der Waals surface area contributed by atoms with Gasteiger partial charge in [-0.1, -0.05) is 16.8 Å². The van der Waals surface area contributed by atoms with Gasteiger partial charge < -0.3 is 10.1 Å². The summed E-state index contributed by atoms with van der Waals surface area (Å²) in [5.41, 5.74) is 1.21. The lowest BCUT2D eigenvalue weighted by Gasteiger charge is -2.02. The summed E-state index contributed by atoms with van der Waals surface area (Å²) < 4.78 is 6.41. The molecule has 1 N–H and O–H groups in total. The minimum Gasteiger partial charge on any atom is -0.383 e. The third kappa shape index (κ3) is 3.97. The summed E-state index contributed by atoms with van der Waals surface area (Å²) in [5.74, 6) is 0. The highest BCUT2D eigenvalue weighted by molar-refractivity contribution is 6.32. The minimum absolute atomic E-state index is 0.0645. The molecule has 0 aliphatic heterocycles. The van der Waals surface area contributed by atoms with E-state index in [-0.39, 0.29) is 10.7 Å². The van der Waals surface area contributed by atoms with Crippen molar-refractivity contribution in [2.45, 2.75) is 6.54 Å². The number of nitro groups is 1. The minimum atomic E-state index is -0.498. The van der Waals surface area contributed by atoms with Crippen LogP contribution in [0.15, 0.2) is 24.4 Å². The fraction of sp³-hybridized carbons (Fsp3) is 0.333. The van der Waals surface area contributed by atoms with Crippen molar-refractivity contribution in [3.8, 4) is 5.69 Å². The van der Waals surface area contributed by atoms with Crippen molar-refractivity contribution >= 4 is 17.3 Å². The van der Waals surface area contributed by atoms with E-state index in [0.29, 0.717) is 25.4 Å². The van der Waals surface area contributed by atoms with E-state index in [1.54, 1.807) is 13.3 Å². The number of rotatable bonds is 7. The van der Waals surface area contributed by atoms with Crippen LogP contribution in [0.25, 0.3) is 5.69 Å². The monoisotopic (exact) mass is 311 g/mol. The molecule has 2 aromatic rings. The zero-order chi connectivity index (χ0) is 15.2. The maximum Gasteiger partial charge on any atom is 0.271 e. The number of aromatic nitrogens is 3. The lowest BCUT2D eigenvalue weighted by molar-refractivity contribution is -0.384. The maximum atomic E-state index is 10.7. The van der Waals surface area contributed by atoms with E-state index >= 15 is 0 Å². The molecule has 0 unspecified atom stereocenters. The molecule has 1 aromatic carbocycles. The average Bonchev–Trinajstić information content (AvgIpc) is 2.92. The highest BCUT2D eigenvalue weighted by Gasteiger charge is 2.12. The lowest BCUT2D eigenvalue weighted by Crippen LogP contribution is -2.18. The molecule has 0 aliphatic rings. The van der Waals surface area contributed by atoms with Gasteiger partial charge in [-0.15, -0.1) is 5.10 Å². The van der Waals surface area contributed by atoms with Gasteiger partial charge in [0.1, 0.15) is 0 Å². The summed E-state index contributed by atoms with van der Waals surface area (Å²) >= 11 is 6.04. The van der Waals surface area contributed by atoms with Crippen LogP contribution < -0.4 is 5.32 Å². The molecule has 0 saturated heterocycles. The van der Waals surface area contributed by atoms with E-state index in [1.165, 1.54) is 22.9 Å². The summed E-state index contributed by atoms with van der Waals surface area (Å²) in [5, 5.41) is 22.0. The Morgan fingerprint density at radius 2 is 2.33 bits per heavy atom. The highest BCUT2D eigenvalue weighted by Crippen LogP contribution is 2.24. The van der Waals surface area contributed by atoms with Gasteiger partial charge in [-0.25, -0.2) is 4.68 Å². The van der Waals surface area contributed by atoms with Crippen LogP contribution >= 0.6 is 11.6 Å². The predicted octanol–water partition coefficient (Wildman–Crippen LogP) is 1.56. The number of halogens is 1. The van der Waals surface area contributed by atoms with Crippen molar-refractivity contribution in [1.82, 2.24) is 20.3 Å². The molecule has 112 valence electrons. The molecule has 0 aliphatic carbocycles. The zero-order valence-electron chi connectivity index (χ0n) is 11.3. The Balaban J connectivity index is 2.08. The molecular weight excluding hydrogens is 298 g/mol. The Morgan fingerprint density at radius 3 is 3.00 bits per heavy atom. The fourth-order valence-electron chi connectivity index (χ4n) is 1.68. The molecule has 0 atom stereocenters. The van der Waals surface area contributed by atoms with Crippen molar-refractivity contribution in [3.05, 3.63) is 45.2 Å². The van der Waals surface area contributed by atoms with Crippen LogP contribution in [0.4, 0.5) is 5.69 Å². The highest BCUT2D eigenvalue weighted by atomic mass is 35.5. The summed E-state index contributed by atoms with van der Waals surface area (Å²) in [7, 11) is 1.63. The Morgan fingerprint density at radius 1 is 1.52 bits per heavy atom. The van der Waals surface area contributed by atoms with Gasteiger partial charge in [0, 0.05) is 32.3 Å². The Labute approximate surface area is 125 Å². The fourth-order valence-corrected chi connectivity index (χ4v) is 1.94.